The highest BCUT2D eigenvalue weighted by Gasteiger charge is 2.07. The predicted molar refractivity (Wildman–Crippen MR) is 75.6 cm³/mol. The van der Waals surface area contributed by atoms with E-state index in [1.54, 1.807) is 24.3 Å². The van der Waals surface area contributed by atoms with Gasteiger partial charge in [0, 0.05) is 18.8 Å². The maximum atomic E-state index is 12.9. The van der Waals surface area contributed by atoms with E-state index in [1.807, 2.05) is 13.0 Å². The van der Waals surface area contributed by atoms with Gasteiger partial charge in [-0.15, -0.1) is 0 Å². The second-order valence-corrected chi connectivity index (χ2v) is 4.38. The lowest BCUT2D eigenvalue weighted by atomic mass is 10.1. The normalized spacial score (nSPS) is 10.4. The monoisotopic (exact) mass is 260 g/mol. The minimum atomic E-state index is -0.242. The first-order chi connectivity index (χ1) is 9.10. The van der Waals surface area contributed by atoms with Crippen molar-refractivity contribution in [3.05, 3.63) is 53.8 Å². The molecule has 0 bridgehead atoms. The van der Waals surface area contributed by atoms with E-state index in [4.69, 9.17) is 5.73 Å². The lowest BCUT2D eigenvalue weighted by molar-refractivity contribution is 0.477. The third-order valence-corrected chi connectivity index (χ3v) is 3.04. The molecule has 0 aliphatic heterocycles. The van der Waals surface area contributed by atoms with Crippen LogP contribution in [0.15, 0.2) is 42.5 Å². The van der Waals surface area contributed by atoms with Crippen molar-refractivity contribution in [3.63, 3.8) is 0 Å². The summed E-state index contributed by atoms with van der Waals surface area (Å²) in [4.78, 5) is 2.10. The van der Waals surface area contributed by atoms with Crippen molar-refractivity contribution in [3.8, 4) is 5.75 Å². The largest absolute Gasteiger partial charge is 0.506 e. The molecule has 19 heavy (non-hydrogen) atoms. The Hall–Kier alpha value is -2.23. The highest BCUT2D eigenvalue weighted by molar-refractivity contribution is 5.54. The zero-order chi connectivity index (χ0) is 13.8. The maximum absolute atomic E-state index is 12.9. The van der Waals surface area contributed by atoms with Gasteiger partial charge in [-0.3, -0.25) is 0 Å². The van der Waals surface area contributed by atoms with Crippen LogP contribution in [0.4, 0.5) is 15.8 Å². The molecule has 2 aromatic rings. The van der Waals surface area contributed by atoms with Crippen LogP contribution in [0.2, 0.25) is 0 Å². The average molecular weight is 260 g/mol. The quantitative estimate of drug-likeness (QED) is 0.656. The van der Waals surface area contributed by atoms with Crippen LogP contribution in [0.5, 0.6) is 5.75 Å². The molecule has 0 saturated heterocycles. The van der Waals surface area contributed by atoms with Crippen LogP contribution in [0.3, 0.4) is 0 Å². The molecule has 0 saturated carbocycles. The van der Waals surface area contributed by atoms with Crippen molar-refractivity contribution in [1.29, 1.82) is 0 Å². The Morgan fingerprint density at radius 3 is 2.42 bits per heavy atom. The van der Waals surface area contributed by atoms with E-state index in [9.17, 15) is 9.50 Å². The number of anilines is 2. The summed E-state index contributed by atoms with van der Waals surface area (Å²) in [5.41, 5.74) is 8.00. The summed E-state index contributed by atoms with van der Waals surface area (Å²) >= 11 is 0. The summed E-state index contributed by atoms with van der Waals surface area (Å²) in [5.74, 6) is -0.151. The van der Waals surface area contributed by atoms with Crippen LogP contribution in [0.1, 0.15) is 12.5 Å². The number of halogens is 1. The molecule has 3 N–H and O–H groups in total. The van der Waals surface area contributed by atoms with Gasteiger partial charge in [0.1, 0.15) is 11.6 Å². The van der Waals surface area contributed by atoms with E-state index in [0.29, 0.717) is 12.2 Å². The summed E-state index contributed by atoms with van der Waals surface area (Å²) < 4.78 is 12.9. The Morgan fingerprint density at radius 2 is 1.84 bits per heavy atom. The maximum Gasteiger partial charge on any atom is 0.138 e. The lowest BCUT2D eigenvalue weighted by Gasteiger charge is -2.23. The van der Waals surface area contributed by atoms with E-state index < -0.39 is 0 Å². The van der Waals surface area contributed by atoms with Gasteiger partial charge in [-0.05, 0) is 48.9 Å². The topological polar surface area (TPSA) is 49.5 Å². The molecule has 4 heteroatoms. The Bertz CT molecular complexity index is 555. The van der Waals surface area contributed by atoms with Gasteiger partial charge in [0.15, 0.2) is 0 Å². The number of rotatable bonds is 4. The van der Waals surface area contributed by atoms with Crippen LogP contribution in [-0.2, 0) is 6.54 Å². The Morgan fingerprint density at radius 1 is 1.16 bits per heavy atom. The van der Waals surface area contributed by atoms with Gasteiger partial charge in [0.05, 0.1) is 5.69 Å². The van der Waals surface area contributed by atoms with Gasteiger partial charge >= 0.3 is 0 Å². The first-order valence-electron chi connectivity index (χ1n) is 6.18. The first-order valence-corrected chi connectivity index (χ1v) is 6.18. The van der Waals surface area contributed by atoms with E-state index >= 15 is 0 Å². The fourth-order valence-electron chi connectivity index (χ4n) is 1.96. The third-order valence-electron chi connectivity index (χ3n) is 3.04. The molecular weight excluding hydrogens is 243 g/mol. The molecule has 2 rings (SSSR count). The molecule has 100 valence electrons. The van der Waals surface area contributed by atoms with Gasteiger partial charge in [0.25, 0.3) is 0 Å². The van der Waals surface area contributed by atoms with Crippen molar-refractivity contribution >= 4 is 11.4 Å². The molecule has 0 radical (unpaired) electrons. The fraction of sp³-hybridized carbons (Fsp3) is 0.200. The standard InChI is InChI=1S/C15H17FN2O/c1-2-18(13-6-4-12(16)5-7-13)10-11-3-8-15(19)14(17)9-11/h3-9,19H,2,10,17H2,1H3. The number of phenols is 1. The van der Waals surface area contributed by atoms with Gasteiger partial charge < -0.3 is 15.7 Å². The number of nitrogen functional groups attached to an aromatic ring is 1. The van der Waals surface area contributed by atoms with E-state index in [1.165, 1.54) is 12.1 Å². The Labute approximate surface area is 112 Å². The van der Waals surface area contributed by atoms with Gasteiger partial charge in [0.2, 0.25) is 0 Å². The van der Waals surface area contributed by atoms with Crippen LogP contribution >= 0.6 is 0 Å². The molecule has 0 spiro atoms. The van der Waals surface area contributed by atoms with Crippen LogP contribution in [0.25, 0.3) is 0 Å². The SMILES string of the molecule is CCN(Cc1ccc(O)c(N)c1)c1ccc(F)cc1. The molecule has 0 aliphatic carbocycles. The minimum absolute atomic E-state index is 0.0913. The molecule has 0 unspecified atom stereocenters. The summed E-state index contributed by atoms with van der Waals surface area (Å²) in [6, 6.07) is 11.6. The summed E-state index contributed by atoms with van der Waals surface area (Å²) in [5, 5.41) is 9.40. The predicted octanol–water partition coefficient (Wildman–Crippen LogP) is 3.14. The summed E-state index contributed by atoms with van der Waals surface area (Å²) in [6.45, 7) is 3.49. The molecule has 0 heterocycles. The van der Waals surface area contributed by atoms with Crippen LogP contribution in [0, 0.1) is 5.82 Å². The zero-order valence-corrected chi connectivity index (χ0v) is 10.8. The average Bonchev–Trinajstić information content (AvgIpc) is 2.41. The second kappa shape index (κ2) is 5.61. The molecule has 0 aromatic heterocycles. The van der Waals surface area contributed by atoms with Gasteiger partial charge in [-0.25, -0.2) is 4.39 Å². The Kier molecular flexibility index (Phi) is 3.90. The molecule has 0 atom stereocenters. The number of hydrogen-bond acceptors (Lipinski definition) is 3. The number of nitrogens with zero attached hydrogens (tertiary/aromatic N) is 1. The first kappa shape index (κ1) is 13.2. The van der Waals surface area contributed by atoms with E-state index in [2.05, 4.69) is 4.90 Å². The third kappa shape index (κ3) is 3.16. The van der Waals surface area contributed by atoms with Crippen molar-refractivity contribution in [2.24, 2.45) is 0 Å². The van der Waals surface area contributed by atoms with Crippen molar-refractivity contribution in [2.45, 2.75) is 13.5 Å². The Balaban J connectivity index is 2.18. The lowest BCUT2D eigenvalue weighted by Crippen LogP contribution is -2.21. The highest BCUT2D eigenvalue weighted by Crippen LogP contribution is 2.23. The fourth-order valence-corrected chi connectivity index (χ4v) is 1.96. The number of phenolic OH excluding ortho intramolecular Hbond substituents is 1. The number of hydrogen-bond donors (Lipinski definition) is 2. The number of nitrogens with two attached hydrogens (primary N) is 1. The van der Waals surface area contributed by atoms with E-state index in [-0.39, 0.29) is 11.6 Å². The van der Waals surface area contributed by atoms with Gasteiger partial charge in [-0.2, -0.15) is 0 Å². The summed E-state index contributed by atoms with van der Waals surface area (Å²) in [7, 11) is 0. The van der Waals surface area contributed by atoms with Crippen LogP contribution in [-0.4, -0.2) is 11.7 Å². The number of benzene rings is 2. The smallest absolute Gasteiger partial charge is 0.138 e. The molecule has 3 nitrogen and oxygen atoms in total. The van der Waals surface area contributed by atoms with Crippen molar-refractivity contribution < 1.29 is 9.50 Å². The van der Waals surface area contributed by atoms with Crippen molar-refractivity contribution in [1.82, 2.24) is 0 Å². The second-order valence-electron chi connectivity index (χ2n) is 4.38. The molecular formula is C15H17FN2O. The van der Waals surface area contributed by atoms with E-state index in [0.717, 1.165) is 17.8 Å². The van der Waals surface area contributed by atoms with Crippen molar-refractivity contribution in [2.75, 3.05) is 17.2 Å². The number of aromatic hydroxyl groups is 1. The highest BCUT2D eigenvalue weighted by atomic mass is 19.1. The van der Waals surface area contributed by atoms with Gasteiger partial charge in [-0.1, -0.05) is 6.07 Å². The summed E-state index contributed by atoms with van der Waals surface area (Å²) in [6.07, 6.45) is 0. The van der Waals surface area contributed by atoms with Crippen LogP contribution < -0.4 is 10.6 Å². The zero-order valence-electron chi connectivity index (χ0n) is 10.8. The molecule has 0 aliphatic rings. The molecule has 0 fully saturated rings. The minimum Gasteiger partial charge on any atom is -0.506 e. The molecule has 0 amide bonds. The molecule has 2 aromatic carbocycles.